The molecule has 5 rings (SSSR count). The summed E-state index contributed by atoms with van der Waals surface area (Å²) in [5, 5.41) is 21.7. The van der Waals surface area contributed by atoms with Gasteiger partial charge in [0, 0.05) is 28.2 Å². The molecule has 5 heterocycles. The lowest BCUT2D eigenvalue weighted by molar-refractivity contribution is -0.688. The Morgan fingerprint density at radius 1 is 1.23 bits per heavy atom. The van der Waals surface area contributed by atoms with Crippen molar-refractivity contribution in [2.24, 2.45) is 5.16 Å². The predicted molar refractivity (Wildman–Crippen MR) is 142 cm³/mol. The zero-order valence-corrected chi connectivity index (χ0v) is 22.4. The van der Waals surface area contributed by atoms with Crippen LogP contribution in [0.25, 0.3) is 0 Å². The number of hydrogen-bond acceptors (Lipinski definition) is 14. The van der Waals surface area contributed by atoms with Crippen molar-refractivity contribution in [1.29, 1.82) is 0 Å². The fourth-order valence-electron chi connectivity index (χ4n) is 4.02. The lowest BCUT2D eigenvalue weighted by atomic mass is 10.0. The zero-order chi connectivity index (χ0) is 27.7. The quantitative estimate of drug-likeness (QED) is 0.0993. The Morgan fingerprint density at radius 2 is 2.00 bits per heavy atom. The van der Waals surface area contributed by atoms with E-state index in [9.17, 15) is 19.5 Å². The van der Waals surface area contributed by atoms with Crippen LogP contribution in [0.15, 0.2) is 51.7 Å². The molecule has 1 fully saturated rings. The zero-order valence-electron chi connectivity index (χ0n) is 20.0. The smallest absolute Gasteiger partial charge is 0.276 e. The molecule has 2 amide bonds. The number of nitrogens with zero attached hydrogens (tertiary/aromatic N) is 5. The molecule has 0 bridgehead atoms. The highest BCUT2D eigenvalue weighted by molar-refractivity contribution is 8.00. The van der Waals surface area contributed by atoms with Crippen molar-refractivity contribution in [1.82, 2.24) is 20.2 Å². The van der Waals surface area contributed by atoms with Crippen molar-refractivity contribution in [3.63, 3.8) is 0 Å². The summed E-state index contributed by atoms with van der Waals surface area (Å²) in [6.07, 6.45) is 3.40. The number of thioether (sulfide) groups is 1. The fraction of sp³-hybridized carbons (Fsp3) is 0.227. The highest BCUT2D eigenvalue weighted by Crippen LogP contribution is 2.40. The molecule has 1 saturated heterocycles. The third-order valence-corrected chi connectivity index (χ3v) is 8.44. The molecular formula is C22H21N9O5S3. The van der Waals surface area contributed by atoms with Gasteiger partial charge in [-0.3, -0.25) is 14.5 Å². The first-order chi connectivity index (χ1) is 18.7. The van der Waals surface area contributed by atoms with Crippen LogP contribution in [0.1, 0.15) is 11.4 Å². The largest absolute Gasteiger partial charge is 0.543 e. The minimum absolute atomic E-state index is 0.0493. The molecule has 14 nitrogen and oxygen atoms in total. The Bertz CT molecular complexity index is 1520. The topological polar surface area (TPSA) is 219 Å². The number of anilines is 3. The highest BCUT2D eigenvalue weighted by atomic mass is 32.2. The molecule has 0 aliphatic carbocycles. The Hall–Kier alpha value is -4.22. The Balaban J connectivity index is 1.32. The minimum Gasteiger partial charge on any atom is -0.543 e. The molecule has 0 aromatic carbocycles. The number of carboxylic acids is 1. The number of pyridine rings is 1. The number of amides is 2. The molecule has 17 heteroatoms. The summed E-state index contributed by atoms with van der Waals surface area (Å²) in [5.41, 5.74) is 18.4. The van der Waals surface area contributed by atoms with Gasteiger partial charge in [0.25, 0.3) is 11.8 Å². The van der Waals surface area contributed by atoms with E-state index in [-0.39, 0.29) is 35.4 Å². The van der Waals surface area contributed by atoms with Crippen LogP contribution >= 0.6 is 34.4 Å². The number of hydrogen-bond donors (Lipinski definition) is 4. The third kappa shape index (κ3) is 5.50. The van der Waals surface area contributed by atoms with E-state index in [4.69, 9.17) is 22.0 Å². The van der Waals surface area contributed by atoms with E-state index in [1.54, 1.807) is 34.5 Å². The Labute approximate surface area is 233 Å². The van der Waals surface area contributed by atoms with Crippen molar-refractivity contribution in [2.45, 2.75) is 24.6 Å². The number of aromatic nitrogens is 3. The summed E-state index contributed by atoms with van der Waals surface area (Å²) in [5.74, 6) is -2.51. The van der Waals surface area contributed by atoms with Gasteiger partial charge in [-0.25, -0.2) is 9.97 Å². The molecule has 2 aliphatic heterocycles. The predicted octanol–water partition coefficient (Wildman–Crippen LogP) is -1.34. The second kappa shape index (κ2) is 10.9. The second-order valence-corrected chi connectivity index (χ2v) is 11.3. The van der Waals surface area contributed by atoms with E-state index < -0.39 is 29.2 Å². The number of nitrogen functional groups attached to an aromatic ring is 3. The van der Waals surface area contributed by atoms with Crippen LogP contribution < -0.4 is 32.2 Å². The lowest BCUT2D eigenvalue weighted by Gasteiger charge is -2.50. The SMILES string of the molecule is Nc1ccc[n+](CC2=C(C(=O)[O-])N3C(=O)C(NC(=O)C(=NOCc4csc(N)n4)c4csc(N)n4)[C@@H]3SC2)c1. The number of carboxylic acid groups (broad SMARTS) is 1. The van der Waals surface area contributed by atoms with Gasteiger partial charge in [0.15, 0.2) is 41.5 Å². The number of β-lactam (4-membered cyclic amide) rings is 1. The van der Waals surface area contributed by atoms with E-state index in [1.807, 2.05) is 0 Å². The van der Waals surface area contributed by atoms with Crippen LogP contribution in [0.4, 0.5) is 16.0 Å². The van der Waals surface area contributed by atoms with Gasteiger partial charge in [-0.15, -0.1) is 34.4 Å². The average molecular weight is 588 g/mol. The fourth-order valence-corrected chi connectivity index (χ4v) is 6.45. The molecule has 3 aromatic rings. The molecule has 0 radical (unpaired) electrons. The van der Waals surface area contributed by atoms with Gasteiger partial charge in [0.05, 0.1) is 23.0 Å². The number of oxime groups is 1. The van der Waals surface area contributed by atoms with Crippen LogP contribution in [-0.2, 0) is 32.4 Å². The maximum atomic E-state index is 13.2. The van der Waals surface area contributed by atoms with Crippen LogP contribution in [0.3, 0.4) is 0 Å². The number of carbonyl (C=O) groups excluding carboxylic acids is 3. The van der Waals surface area contributed by atoms with E-state index in [1.165, 1.54) is 28.5 Å². The molecule has 1 unspecified atom stereocenters. The van der Waals surface area contributed by atoms with Gasteiger partial charge in [-0.05, 0) is 6.07 Å². The first-order valence-electron chi connectivity index (χ1n) is 11.3. The molecular weight excluding hydrogens is 567 g/mol. The number of nitrogens with two attached hydrogens (primary N) is 3. The maximum Gasteiger partial charge on any atom is 0.276 e. The van der Waals surface area contributed by atoms with Crippen molar-refractivity contribution in [3.05, 3.63) is 57.9 Å². The monoisotopic (exact) mass is 587 g/mol. The normalized spacial score (nSPS) is 18.9. The maximum absolute atomic E-state index is 13.2. The van der Waals surface area contributed by atoms with Crippen molar-refractivity contribution in [3.8, 4) is 0 Å². The van der Waals surface area contributed by atoms with Gasteiger partial charge in [0.2, 0.25) is 0 Å². The highest BCUT2D eigenvalue weighted by Gasteiger charge is 2.53. The summed E-state index contributed by atoms with van der Waals surface area (Å²) in [6, 6.07) is 2.44. The first-order valence-corrected chi connectivity index (χ1v) is 14.1. The Kier molecular flexibility index (Phi) is 7.36. The second-order valence-electron chi connectivity index (χ2n) is 8.37. The number of carbonyl (C=O) groups is 3. The van der Waals surface area contributed by atoms with E-state index in [0.717, 1.165) is 16.2 Å². The van der Waals surface area contributed by atoms with Gasteiger partial charge in [0.1, 0.15) is 17.1 Å². The molecule has 0 spiro atoms. The molecule has 202 valence electrons. The van der Waals surface area contributed by atoms with Crippen LogP contribution in [0.5, 0.6) is 0 Å². The van der Waals surface area contributed by atoms with Gasteiger partial charge < -0.3 is 37.3 Å². The molecule has 0 saturated carbocycles. The number of fused-ring (bicyclic) bond motifs is 1. The molecule has 7 N–H and O–H groups in total. The van der Waals surface area contributed by atoms with Crippen molar-refractivity contribution < 1.29 is 28.9 Å². The van der Waals surface area contributed by atoms with E-state index in [2.05, 4.69) is 20.4 Å². The van der Waals surface area contributed by atoms with Crippen LogP contribution in [0, 0.1) is 0 Å². The number of aliphatic carboxylic acids is 1. The van der Waals surface area contributed by atoms with Crippen molar-refractivity contribution >= 4 is 73.9 Å². The van der Waals surface area contributed by atoms with Crippen molar-refractivity contribution in [2.75, 3.05) is 23.0 Å². The molecule has 39 heavy (non-hydrogen) atoms. The van der Waals surface area contributed by atoms with E-state index in [0.29, 0.717) is 27.8 Å². The molecule has 2 atom stereocenters. The van der Waals surface area contributed by atoms with E-state index >= 15 is 0 Å². The van der Waals surface area contributed by atoms with Gasteiger partial charge in [-0.2, -0.15) is 4.57 Å². The number of rotatable bonds is 9. The summed E-state index contributed by atoms with van der Waals surface area (Å²) in [6.45, 7) is 0.158. The molecule has 3 aromatic heterocycles. The standard InChI is InChI=1S/C22H21N9O5S3/c23-11-2-1-3-30(5-11)4-10-7-37-19-15(18(33)31(19)16(10)20(34)35)28-17(32)14(13-9-39-22(25)27-13)29-36-6-12-8-38-21(24)26-12/h1-3,5,8-9,15,19H,4,6-7,23H2,(H5-,24,25,26,27,28,32,34,35)/t15?,19-/m0/s1. The van der Waals surface area contributed by atoms with Gasteiger partial charge >= 0.3 is 0 Å². The molecule has 2 aliphatic rings. The lowest BCUT2D eigenvalue weighted by Crippen LogP contribution is -2.71. The summed E-state index contributed by atoms with van der Waals surface area (Å²) in [7, 11) is 0. The third-order valence-electron chi connectivity index (χ3n) is 5.70. The van der Waals surface area contributed by atoms with Crippen LogP contribution in [0.2, 0.25) is 0 Å². The summed E-state index contributed by atoms with van der Waals surface area (Å²) >= 11 is 3.66. The number of thiazole rings is 2. The summed E-state index contributed by atoms with van der Waals surface area (Å²) in [4.78, 5) is 53.0. The number of nitrogens with one attached hydrogen (secondary N) is 1. The minimum atomic E-state index is -1.48. The van der Waals surface area contributed by atoms with Gasteiger partial charge in [-0.1, -0.05) is 5.16 Å². The summed E-state index contributed by atoms with van der Waals surface area (Å²) < 4.78 is 1.72. The van der Waals surface area contributed by atoms with Crippen LogP contribution in [-0.4, -0.2) is 55.5 Å². The first kappa shape index (κ1) is 26.4. The Morgan fingerprint density at radius 3 is 2.67 bits per heavy atom. The average Bonchev–Trinajstić information content (AvgIpc) is 3.52.